The number of nitrogens with zero attached hydrogens (tertiary/aromatic N) is 2. The molecule has 0 aliphatic carbocycles. The van der Waals surface area contributed by atoms with Gasteiger partial charge in [-0.3, -0.25) is 13.9 Å². The summed E-state index contributed by atoms with van der Waals surface area (Å²) >= 11 is 3.33. The van der Waals surface area contributed by atoms with Gasteiger partial charge >= 0.3 is 0 Å². The maximum atomic E-state index is 13.9. The van der Waals surface area contributed by atoms with Gasteiger partial charge in [-0.15, -0.1) is 0 Å². The Labute approximate surface area is 239 Å². The summed E-state index contributed by atoms with van der Waals surface area (Å²) < 4.78 is 35.0. The Morgan fingerprint density at radius 2 is 1.67 bits per heavy atom. The number of amides is 2. The highest BCUT2D eigenvalue weighted by Crippen LogP contribution is 2.27. The number of ether oxygens (including phenoxy) is 1. The third kappa shape index (κ3) is 7.83. The summed E-state index contributed by atoms with van der Waals surface area (Å²) in [5.74, 6) is -0.244. The fraction of sp³-hybridized carbons (Fsp3) is 0.310. The molecule has 0 aliphatic rings. The number of likely N-dealkylation sites (N-methyl/N-ethyl adjacent to an activating group) is 1. The first kappa shape index (κ1) is 30.2. The molecule has 0 heterocycles. The molecule has 2 amide bonds. The molecule has 0 radical (unpaired) electrons. The minimum atomic E-state index is -4.14. The van der Waals surface area contributed by atoms with Gasteiger partial charge in [0.05, 0.1) is 17.2 Å². The van der Waals surface area contributed by atoms with Crippen LogP contribution in [0.2, 0.25) is 0 Å². The van der Waals surface area contributed by atoms with Crippen LogP contribution in [0.3, 0.4) is 0 Å². The first-order chi connectivity index (χ1) is 18.6. The smallest absolute Gasteiger partial charge is 0.264 e. The van der Waals surface area contributed by atoms with Gasteiger partial charge in [-0.2, -0.15) is 0 Å². The molecular weight excluding hydrogens is 582 g/mol. The largest absolute Gasteiger partial charge is 0.494 e. The molecule has 0 bridgehead atoms. The minimum Gasteiger partial charge on any atom is -0.494 e. The van der Waals surface area contributed by atoms with E-state index in [4.69, 9.17) is 4.74 Å². The van der Waals surface area contributed by atoms with Crippen molar-refractivity contribution in [2.75, 3.05) is 24.0 Å². The normalized spacial score (nSPS) is 11.9. The minimum absolute atomic E-state index is 0.0365. The topological polar surface area (TPSA) is 96.0 Å². The van der Waals surface area contributed by atoms with Crippen molar-refractivity contribution >= 4 is 43.5 Å². The number of nitrogens with one attached hydrogen (secondary N) is 1. The van der Waals surface area contributed by atoms with E-state index in [1.165, 1.54) is 17.0 Å². The third-order valence-electron chi connectivity index (χ3n) is 6.07. The first-order valence-corrected chi connectivity index (χ1v) is 14.9. The molecule has 208 valence electrons. The van der Waals surface area contributed by atoms with Crippen LogP contribution in [-0.4, -0.2) is 50.9 Å². The summed E-state index contributed by atoms with van der Waals surface area (Å²) in [6.07, 6.45) is 0. The van der Waals surface area contributed by atoms with Gasteiger partial charge in [0.25, 0.3) is 10.0 Å². The number of carbonyl (C=O) groups excluding carboxylic acids is 2. The molecule has 3 aromatic carbocycles. The van der Waals surface area contributed by atoms with Crippen molar-refractivity contribution in [3.63, 3.8) is 0 Å². The van der Waals surface area contributed by atoms with Gasteiger partial charge in [-0.1, -0.05) is 45.8 Å². The maximum Gasteiger partial charge on any atom is 0.264 e. The standard InChI is InChI=1S/C29H34BrN3O5S/c1-5-31-29(35)22(4)32(19-23-9-7-8-21(3)18-23)28(34)20-33(25-12-14-26(15-13-25)38-6-2)39(36,37)27-16-10-24(30)11-17-27/h7-18,22H,5-6,19-20H2,1-4H3,(H,31,35). The molecule has 3 aromatic rings. The van der Waals surface area contributed by atoms with Gasteiger partial charge in [0.15, 0.2) is 0 Å². The summed E-state index contributed by atoms with van der Waals surface area (Å²) in [5, 5.41) is 2.76. The lowest BCUT2D eigenvalue weighted by Gasteiger charge is -2.32. The van der Waals surface area contributed by atoms with Gasteiger partial charge in [0.1, 0.15) is 18.3 Å². The lowest BCUT2D eigenvalue weighted by molar-refractivity contribution is -0.139. The van der Waals surface area contributed by atoms with Crippen LogP contribution < -0.4 is 14.4 Å². The monoisotopic (exact) mass is 615 g/mol. The van der Waals surface area contributed by atoms with Crippen molar-refractivity contribution in [2.45, 2.75) is 45.2 Å². The van der Waals surface area contributed by atoms with E-state index in [-0.39, 0.29) is 17.3 Å². The molecule has 10 heteroatoms. The third-order valence-corrected chi connectivity index (χ3v) is 8.39. The number of sulfonamides is 1. The lowest BCUT2D eigenvalue weighted by Crippen LogP contribution is -2.51. The molecule has 0 spiro atoms. The van der Waals surface area contributed by atoms with E-state index in [1.54, 1.807) is 50.2 Å². The number of hydrogen-bond donors (Lipinski definition) is 1. The van der Waals surface area contributed by atoms with E-state index in [0.717, 1.165) is 19.9 Å². The van der Waals surface area contributed by atoms with Crippen molar-refractivity contribution < 1.29 is 22.7 Å². The molecule has 0 saturated heterocycles. The molecule has 0 aromatic heterocycles. The highest BCUT2D eigenvalue weighted by Gasteiger charge is 2.32. The van der Waals surface area contributed by atoms with Gasteiger partial charge in [0.2, 0.25) is 11.8 Å². The van der Waals surface area contributed by atoms with Crippen molar-refractivity contribution in [1.29, 1.82) is 0 Å². The second-order valence-corrected chi connectivity index (χ2v) is 11.8. The lowest BCUT2D eigenvalue weighted by atomic mass is 10.1. The van der Waals surface area contributed by atoms with E-state index >= 15 is 0 Å². The Morgan fingerprint density at radius 3 is 2.26 bits per heavy atom. The van der Waals surface area contributed by atoms with Crippen LogP contribution in [0.15, 0.2) is 82.2 Å². The van der Waals surface area contributed by atoms with Crippen LogP contribution in [0.25, 0.3) is 0 Å². The fourth-order valence-electron chi connectivity index (χ4n) is 4.05. The SMILES string of the molecule is CCNC(=O)C(C)N(Cc1cccc(C)c1)C(=O)CN(c1ccc(OCC)cc1)S(=O)(=O)c1ccc(Br)cc1. The van der Waals surface area contributed by atoms with E-state index in [2.05, 4.69) is 21.2 Å². The van der Waals surface area contributed by atoms with Crippen molar-refractivity contribution in [3.8, 4) is 5.75 Å². The second kappa shape index (κ2) is 13.6. The molecule has 3 rings (SSSR count). The summed E-state index contributed by atoms with van der Waals surface area (Å²) in [6, 6.07) is 19.6. The number of anilines is 1. The summed E-state index contributed by atoms with van der Waals surface area (Å²) in [6.45, 7) is 7.77. The second-order valence-electron chi connectivity index (χ2n) is 8.97. The molecule has 0 aliphatic heterocycles. The highest BCUT2D eigenvalue weighted by atomic mass is 79.9. The Bertz CT molecular complexity index is 1380. The fourth-order valence-corrected chi connectivity index (χ4v) is 5.73. The van der Waals surface area contributed by atoms with E-state index in [0.29, 0.717) is 24.6 Å². The molecule has 1 N–H and O–H groups in total. The maximum absolute atomic E-state index is 13.9. The number of rotatable bonds is 12. The van der Waals surface area contributed by atoms with Crippen LogP contribution >= 0.6 is 15.9 Å². The Morgan fingerprint density at radius 1 is 1.00 bits per heavy atom. The van der Waals surface area contributed by atoms with Gasteiger partial charge in [-0.25, -0.2) is 8.42 Å². The van der Waals surface area contributed by atoms with Crippen LogP contribution in [-0.2, 0) is 26.2 Å². The highest BCUT2D eigenvalue weighted by molar-refractivity contribution is 9.10. The number of halogens is 1. The Hall–Kier alpha value is -3.37. The zero-order valence-corrected chi connectivity index (χ0v) is 25.0. The number of benzene rings is 3. The Kier molecular flexibility index (Phi) is 10.5. The van der Waals surface area contributed by atoms with Crippen molar-refractivity contribution in [1.82, 2.24) is 10.2 Å². The predicted octanol–water partition coefficient (Wildman–Crippen LogP) is 4.90. The Balaban J connectivity index is 2.03. The van der Waals surface area contributed by atoms with Crippen LogP contribution in [0.4, 0.5) is 5.69 Å². The van der Waals surface area contributed by atoms with E-state index in [1.807, 2.05) is 38.1 Å². The van der Waals surface area contributed by atoms with E-state index < -0.39 is 28.5 Å². The predicted molar refractivity (Wildman–Crippen MR) is 156 cm³/mol. The average Bonchev–Trinajstić information content (AvgIpc) is 2.91. The van der Waals surface area contributed by atoms with Gasteiger partial charge in [0, 0.05) is 17.6 Å². The van der Waals surface area contributed by atoms with E-state index in [9.17, 15) is 18.0 Å². The summed E-state index contributed by atoms with van der Waals surface area (Å²) in [7, 11) is -4.14. The molecule has 39 heavy (non-hydrogen) atoms. The van der Waals surface area contributed by atoms with Crippen molar-refractivity contribution in [2.24, 2.45) is 0 Å². The summed E-state index contributed by atoms with van der Waals surface area (Å²) in [5.41, 5.74) is 2.15. The molecule has 1 unspecified atom stereocenters. The average molecular weight is 617 g/mol. The number of aryl methyl sites for hydroxylation is 1. The zero-order chi connectivity index (χ0) is 28.6. The van der Waals surface area contributed by atoms with Crippen LogP contribution in [0.5, 0.6) is 5.75 Å². The van der Waals surface area contributed by atoms with Gasteiger partial charge < -0.3 is 15.0 Å². The molecular formula is C29H34BrN3O5S. The zero-order valence-electron chi connectivity index (χ0n) is 22.6. The molecule has 0 saturated carbocycles. The molecule has 1 atom stereocenters. The number of hydrogen-bond acceptors (Lipinski definition) is 5. The van der Waals surface area contributed by atoms with Crippen LogP contribution in [0, 0.1) is 6.92 Å². The van der Waals surface area contributed by atoms with Crippen LogP contribution in [0.1, 0.15) is 31.9 Å². The van der Waals surface area contributed by atoms with Crippen molar-refractivity contribution in [3.05, 3.63) is 88.4 Å². The molecule has 8 nitrogen and oxygen atoms in total. The quantitative estimate of drug-likeness (QED) is 0.312. The van der Waals surface area contributed by atoms with Gasteiger partial charge in [-0.05, 0) is 81.8 Å². The summed E-state index contributed by atoms with van der Waals surface area (Å²) in [4.78, 5) is 28.1. The number of carbonyl (C=O) groups is 2. The first-order valence-electron chi connectivity index (χ1n) is 12.7. The molecule has 0 fully saturated rings.